The molecule has 0 bridgehead atoms. The Labute approximate surface area is 132 Å². The summed E-state index contributed by atoms with van der Waals surface area (Å²) < 4.78 is 11.1. The Bertz CT molecular complexity index is 768. The number of carbonyl (C=O) groups is 1. The van der Waals surface area contributed by atoms with E-state index in [0.29, 0.717) is 28.3 Å². The number of aliphatic carboxylic acids is 1. The van der Waals surface area contributed by atoms with Gasteiger partial charge in [0.2, 0.25) is 0 Å². The van der Waals surface area contributed by atoms with Crippen LogP contribution in [0, 0.1) is 6.92 Å². The van der Waals surface area contributed by atoms with Crippen molar-refractivity contribution in [2.24, 2.45) is 0 Å². The molecule has 4 N–H and O–H groups in total. The number of carboxylic acid groups (broad SMARTS) is 1. The smallest absolute Gasteiger partial charge is 0.481 e. The number of hydrogen-bond acceptors (Lipinski definition) is 6. The van der Waals surface area contributed by atoms with Gasteiger partial charge in [0.15, 0.2) is 0 Å². The minimum atomic E-state index is -1.17. The third kappa shape index (κ3) is 3.13. The molecule has 1 aromatic heterocycles. The average Bonchev–Trinajstić information content (AvgIpc) is 2.75. The molecule has 1 aliphatic rings. The van der Waals surface area contributed by atoms with Crippen LogP contribution in [0.2, 0.25) is 0 Å². The van der Waals surface area contributed by atoms with Crippen molar-refractivity contribution in [3.63, 3.8) is 0 Å². The van der Waals surface area contributed by atoms with Gasteiger partial charge in [-0.25, -0.2) is 4.98 Å². The van der Waals surface area contributed by atoms with Crippen molar-refractivity contribution < 1.29 is 24.3 Å². The van der Waals surface area contributed by atoms with Crippen LogP contribution in [0.1, 0.15) is 23.7 Å². The van der Waals surface area contributed by atoms with Gasteiger partial charge in [-0.3, -0.25) is 4.79 Å². The molecule has 1 atom stereocenters. The number of anilines is 1. The first kappa shape index (κ1) is 15.3. The van der Waals surface area contributed by atoms with E-state index in [1.807, 2.05) is 6.92 Å². The van der Waals surface area contributed by atoms with Crippen molar-refractivity contribution in [2.75, 3.05) is 5.73 Å². The molecule has 0 saturated heterocycles. The molecule has 118 valence electrons. The topological polar surface area (TPSA) is 115 Å². The lowest BCUT2D eigenvalue weighted by atomic mass is 9.77. The minimum absolute atomic E-state index is 0.202. The fourth-order valence-corrected chi connectivity index (χ4v) is 2.73. The highest BCUT2D eigenvalue weighted by Crippen LogP contribution is 2.33. The Morgan fingerprint density at radius 2 is 2.22 bits per heavy atom. The summed E-state index contributed by atoms with van der Waals surface area (Å²) >= 11 is 0. The van der Waals surface area contributed by atoms with Gasteiger partial charge in [-0.05, 0) is 41.7 Å². The number of aryl methyl sites for hydroxylation is 1. The van der Waals surface area contributed by atoms with Crippen molar-refractivity contribution >= 4 is 24.4 Å². The Morgan fingerprint density at radius 3 is 2.91 bits per heavy atom. The van der Waals surface area contributed by atoms with Crippen LogP contribution in [0.3, 0.4) is 0 Å². The number of pyridine rings is 1. The van der Waals surface area contributed by atoms with Crippen LogP contribution in [0.4, 0.5) is 5.82 Å². The average molecular weight is 314 g/mol. The summed E-state index contributed by atoms with van der Waals surface area (Å²) in [5, 5.41) is 19.0. The lowest BCUT2D eigenvalue weighted by Gasteiger charge is -2.13. The van der Waals surface area contributed by atoms with Crippen LogP contribution in [0.25, 0.3) is 0 Å². The molecule has 1 aromatic carbocycles. The molecule has 2 heterocycles. The Balaban J connectivity index is 1.93. The molecular weight excluding hydrogens is 299 g/mol. The number of aromatic nitrogens is 1. The SMILES string of the molecule is Cc1cc(Oc2ccnc(N)c2)cc2c1C(CC(=O)O)OB2O. The zero-order valence-corrected chi connectivity index (χ0v) is 12.4. The first-order valence-corrected chi connectivity index (χ1v) is 7.03. The molecular formula is C15H15BN2O5. The minimum Gasteiger partial charge on any atom is -0.481 e. The number of hydrogen-bond donors (Lipinski definition) is 3. The summed E-state index contributed by atoms with van der Waals surface area (Å²) in [6.07, 6.45) is 0.667. The van der Waals surface area contributed by atoms with E-state index in [1.54, 1.807) is 24.3 Å². The molecule has 0 spiro atoms. The fourth-order valence-electron chi connectivity index (χ4n) is 2.73. The Kier molecular flexibility index (Phi) is 3.93. The third-order valence-electron chi connectivity index (χ3n) is 3.62. The van der Waals surface area contributed by atoms with Crippen molar-refractivity contribution in [3.8, 4) is 11.5 Å². The predicted octanol–water partition coefficient (Wildman–Crippen LogP) is 0.998. The zero-order chi connectivity index (χ0) is 16.6. The fraction of sp³-hybridized carbons (Fsp3) is 0.200. The van der Waals surface area contributed by atoms with Crippen LogP contribution in [-0.4, -0.2) is 28.2 Å². The van der Waals surface area contributed by atoms with E-state index in [4.69, 9.17) is 20.2 Å². The van der Waals surface area contributed by atoms with Gasteiger partial charge in [0, 0.05) is 12.3 Å². The van der Waals surface area contributed by atoms with Crippen molar-refractivity contribution in [3.05, 3.63) is 41.6 Å². The summed E-state index contributed by atoms with van der Waals surface area (Å²) in [5.41, 5.74) is 7.62. The van der Waals surface area contributed by atoms with Gasteiger partial charge >= 0.3 is 13.1 Å². The van der Waals surface area contributed by atoms with Gasteiger partial charge in [-0.2, -0.15) is 0 Å². The maximum atomic E-state index is 10.9. The highest BCUT2D eigenvalue weighted by molar-refractivity contribution is 6.62. The standard InChI is InChI=1S/C15H15BN2O5/c1-8-4-10(22-9-2-3-18-13(17)6-9)5-11-15(8)12(7-14(19)20)23-16(11)21/h2-6,12,21H,7H2,1H3,(H2,17,18)(H,19,20). The maximum Gasteiger partial charge on any atom is 0.492 e. The normalized spacial score (nSPS) is 16.3. The maximum absolute atomic E-state index is 10.9. The second-order valence-electron chi connectivity index (χ2n) is 5.34. The second kappa shape index (κ2) is 5.90. The molecule has 0 fully saturated rings. The molecule has 1 aliphatic heterocycles. The van der Waals surface area contributed by atoms with E-state index in [-0.39, 0.29) is 6.42 Å². The van der Waals surface area contributed by atoms with Crippen LogP contribution >= 0.6 is 0 Å². The largest absolute Gasteiger partial charge is 0.492 e. The molecule has 0 saturated carbocycles. The number of benzene rings is 1. The number of ether oxygens (including phenoxy) is 1. The Morgan fingerprint density at radius 1 is 1.43 bits per heavy atom. The summed E-state index contributed by atoms with van der Waals surface area (Å²) in [6, 6.07) is 6.67. The number of rotatable bonds is 4. The van der Waals surface area contributed by atoms with E-state index in [2.05, 4.69) is 4.98 Å². The first-order chi connectivity index (χ1) is 10.9. The summed E-state index contributed by atoms with van der Waals surface area (Å²) in [5.74, 6) is 0.380. The van der Waals surface area contributed by atoms with Gasteiger partial charge in [0.25, 0.3) is 0 Å². The summed E-state index contributed by atoms with van der Waals surface area (Å²) in [7, 11) is -1.17. The molecule has 0 radical (unpaired) electrons. The van der Waals surface area contributed by atoms with E-state index in [1.165, 1.54) is 6.20 Å². The van der Waals surface area contributed by atoms with Crippen molar-refractivity contribution in [1.29, 1.82) is 0 Å². The third-order valence-corrected chi connectivity index (χ3v) is 3.62. The summed E-state index contributed by atoms with van der Waals surface area (Å²) in [6.45, 7) is 1.82. The molecule has 3 rings (SSSR count). The van der Waals surface area contributed by atoms with Gasteiger partial charge in [0.05, 0.1) is 12.5 Å². The van der Waals surface area contributed by atoms with Gasteiger partial charge < -0.3 is 25.3 Å². The molecule has 2 aromatic rings. The highest BCUT2D eigenvalue weighted by atomic mass is 16.5. The number of fused-ring (bicyclic) bond motifs is 1. The van der Waals surface area contributed by atoms with Crippen molar-refractivity contribution in [1.82, 2.24) is 4.98 Å². The van der Waals surface area contributed by atoms with E-state index in [9.17, 15) is 9.82 Å². The lowest BCUT2D eigenvalue weighted by molar-refractivity contribution is -0.138. The lowest BCUT2D eigenvalue weighted by Crippen LogP contribution is -2.28. The van der Waals surface area contributed by atoms with Crippen LogP contribution in [-0.2, 0) is 9.45 Å². The molecule has 1 unspecified atom stereocenters. The quantitative estimate of drug-likeness (QED) is 0.721. The van der Waals surface area contributed by atoms with E-state index < -0.39 is 19.2 Å². The Hall–Kier alpha value is -2.58. The van der Waals surface area contributed by atoms with Crippen LogP contribution < -0.4 is 15.9 Å². The van der Waals surface area contributed by atoms with Crippen molar-refractivity contribution in [2.45, 2.75) is 19.4 Å². The van der Waals surface area contributed by atoms with E-state index in [0.717, 1.165) is 5.56 Å². The van der Waals surface area contributed by atoms with Gasteiger partial charge in [-0.1, -0.05) is 0 Å². The van der Waals surface area contributed by atoms with E-state index >= 15 is 0 Å². The number of carboxylic acids is 1. The van der Waals surface area contributed by atoms with Gasteiger partial charge in [-0.15, -0.1) is 0 Å². The second-order valence-corrected chi connectivity index (χ2v) is 5.34. The molecule has 8 heteroatoms. The number of nitrogen functional groups attached to an aromatic ring is 1. The predicted molar refractivity (Wildman–Crippen MR) is 83.6 cm³/mol. The monoisotopic (exact) mass is 314 g/mol. The molecule has 7 nitrogen and oxygen atoms in total. The molecule has 0 amide bonds. The summed E-state index contributed by atoms with van der Waals surface area (Å²) in [4.78, 5) is 14.8. The number of nitrogens with zero attached hydrogens (tertiary/aromatic N) is 1. The van der Waals surface area contributed by atoms with Gasteiger partial charge in [0.1, 0.15) is 17.3 Å². The molecule has 23 heavy (non-hydrogen) atoms. The first-order valence-electron chi connectivity index (χ1n) is 7.03. The molecule has 0 aliphatic carbocycles. The number of nitrogens with two attached hydrogens (primary N) is 1. The highest BCUT2D eigenvalue weighted by Gasteiger charge is 2.37. The zero-order valence-electron chi connectivity index (χ0n) is 12.4. The van der Waals surface area contributed by atoms with Crippen LogP contribution in [0.5, 0.6) is 11.5 Å². The van der Waals surface area contributed by atoms with Crippen LogP contribution in [0.15, 0.2) is 30.5 Å².